The first-order valence-electron chi connectivity index (χ1n) is 15.1. The van der Waals surface area contributed by atoms with Crippen LogP contribution in [0.3, 0.4) is 0 Å². The Kier molecular flexibility index (Phi) is 9.80. The van der Waals surface area contributed by atoms with E-state index in [1.165, 1.54) is 50.6 Å². The number of aromatic nitrogens is 3. The molecule has 2 aromatic carbocycles. The van der Waals surface area contributed by atoms with Crippen molar-refractivity contribution in [2.75, 3.05) is 24.7 Å². The van der Waals surface area contributed by atoms with Gasteiger partial charge in [-0.25, -0.2) is 18.1 Å². The van der Waals surface area contributed by atoms with Crippen molar-refractivity contribution in [3.63, 3.8) is 0 Å². The summed E-state index contributed by atoms with van der Waals surface area (Å²) < 4.78 is 78.6. The third kappa shape index (κ3) is 6.72. The molecule has 1 saturated heterocycles. The molecule has 1 amide bonds. The second-order valence-corrected chi connectivity index (χ2v) is 11.6. The van der Waals surface area contributed by atoms with Gasteiger partial charge in [-0.3, -0.25) is 23.9 Å². The highest BCUT2D eigenvalue weighted by atomic mass is 19.4. The Morgan fingerprint density at radius 1 is 1.10 bits per heavy atom. The molecule has 1 fully saturated rings. The maximum absolute atomic E-state index is 15.5. The zero-order valence-electron chi connectivity index (χ0n) is 26.2. The van der Waals surface area contributed by atoms with E-state index in [9.17, 15) is 32.3 Å². The highest BCUT2D eigenvalue weighted by Crippen LogP contribution is 2.33. The summed E-state index contributed by atoms with van der Waals surface area (Å²) >= 11 is 0. The van der Waals surface area contributed by atoms with Gasteiger partial charge in [0.05, 0.1) is 47.6 Å². The second-order valence-electron chi connectivity index (χ2n) is 11.6. The number of aryl methyl sites for hydroxylation is 2. The lowest BCUT2D eigenvalue weighted by Gasteiger charge is -2.38. The van der Waals surface area contributed by atoms with Crippen LogP contribution in [0.5, 0.6) is 0 Å². The Balaban J connectivity index is 1.42. The molecule has 3 heterocycles. The average molecular weight is 674 g/mol. The van der Waals surface area contributed by atoms with Crippen LogP contribution in [-0.4, -0.2) is 63.8 Å². The van der Waals surface area contributed by atoms with E-state index in [0.717, 1.165) is 21.6 Å². The molecule has 48 heavy (non-hydrogen) atoms. The largest absolute Gasteiger partial charge is 0.411 e. The number of anilines is 1. The fraction of sp³-hybridized carbons (Fsp3) is 0.364. The Labute approximate surface area is 270 Å². The van der Waals surface area contributed by atoms with E-state index in [-0.39, 0.29) is 59.4 Å². The predicted molar refractivity (Wildman–Crippen MR) is 167 cm³/mol. The Morgan fingerprint density at radius 3 is 2.52 bits per heavy atom. The first-order chi connectivity index (χ1) is 22.7. The second kappa shape index (κ2) is 13.7. The first kappa shape index (κ1) is 34.4. The number of nitrogens with one attached hydrogen (secondary N) is 1. The molecular weight excluding hydrogens is 641 g/mol. The van der Waals surface area contributed by atoms with Gasteiger partial charge in [-0.1, -0.05) is 13.0 Å². The Bertz CT molecular complexity index is 1980. The van der Waals surface area contributed by atoms with Gasteiger partial charge in [-0.2, -0.15) is 13.2 Å². The molecule has 0 saturated carbocycles. The molecule has 254 valence electrons. The van der Waals surface area contributed by atoms with E-state index in [0.29, 0.717) is 11.0 Å². The van der Waals surface area contributed by atoms with Crippen molar-refractivity contribution in [1.29, 1.82) is 0 Å². The predicted octanol–water partition coefficient (Wildman–Crippen LogP) is 4.15. The van der Waals surface area contributed by atoms with Gasteiger partial charge in [0.2, 0.25) is 0 Å². The topological polar surface area (TPSA) is 116 Å². The van der Waals surface area contributed by atoms with Gasteiger partial charge in [0, 0.05) is 31.9 Å². The number of ketones is 1. The summed E-state index contributed by atoms with van der Waals surface area (Å²) in [6, 6.07) is 3.97. The SMILES string of the molecule is CCCC(=O)[C@H](Cc1ccc(-n2c(=O)c3ccncc3n(C)c2=O)c(F)c1)NC(=O)c1c(C)cc(N2CCOC[C@@H]2C(F)(F)F)cc1F. The van der Waals surface area contributed by atoms with Crippen LogP contribution in [0.25, 0.3) is 16.6 Å². The number of rotatable bonds is 9. The number of carbonyl (C=O) groups excluding carboxylic acids is 2. The van der Waals surface area contributed by atoms with Crippen molar-refractivity contribution in [2.24, 2.45) is 7.05 Å². The van der Waals surface area contributed by atoms with E-state index in [4.69, 9.17) is 4.74 Å². The van der Waals surface area contributed by atoms with E-state index in [2.05, 4.69) is 10.3 Å². The molecule has 0 unspecified atom stereocenters. The molecule has 0 aliphatic carbocycles. The number of halogens is 5. The van der Waals surface area contributed by atoms with E-state index >= 15 is 8.78 Å². The molecule has 2 aromatic heterocycles. The van der Waals surface area contributed by atoms with Crippen LogP contribution in [-0.2, 0) is 23.0 Å². The van der Waals surface area contributed by atoms with E-state index in [1.54, 1.807) is 6.92 Å². The van der Waals surface area contributed by atoms with Gasteiger partial charge in [0.15, 0.2) is 5.78 Å². The molecule has 0 bridgehead atoms. The van der Waals surface area contributed by atoms with Crippen molar-refractivity contribution in [3.8, 4) is 5.69 Å². The minimum atomic E-state index is -4.64. The summed E-state index contributed by atoms with van der Waals surface area (Å²) in [6.45, 7) is 2.36. The fourth-order valence-corrected chi connectivity index (χ4v) is 5.86. The smallest absolute Gasteiger partial charge is 0.377 e. The molecule has 0 spiro atoms. The molecule has 4 aromatic rings. The molecule has 5 rings (SSSR count). The molecule has 1 N–H and O–H groups in total. The lowest BCUT2D eigenvalue weighted by Crippen LogP contribution is -2.53. The van der Waals surface area contributed by atoms with Crippen LogP contribution >= 0.6 is 0 Å². The van der Waals surface area contributed by atoms with Gasteiger partial charge >= 0.3 is 11.9 Å². The monoisotopic (exact) mass is 673 g/mol. The van der Waals surface area contributed by atoms with Crippen LogP contribution in [0.2, 0.25) is 0 Å². The number of alkyl halides is 3. The normalized spacial score (nSPS) is 15.8. The molecule has 0 radical (unpaired) electrons. The molecule has 15 heteroatoms. The minimum Gasteiger partial charge on any atom is -0.377 e. The number of ether oxygens (including phenoxy) is 1. The molecule has 10 nitrogen and oxygen atoms in total. The summed E-state index contributed by atoms with van der Waals surface area (Å²) in [6.07, 6.45) is -1.67. The van der Waals surface area contributed by atoms with Crippen LogP contribution in [0.4, 0.5) is 27.6 Å². The molecule has 1 aliphatic heterocycles. The van der Waals surface area contributed by atoms with Crippen molar-refractivity contribution in [3.05, 3.63) is 98.0 Å². The summed E-state index contributed by atoms with van der Waals surface area (Å²) in [7, 11) is 1.42. The van der Waals surface area contributed by atoms with Gasteiger partial charge in [-0.15, -0.1) is 0 Å². The van der Waals surface area contributed by atoms with Gasteiger partial charge in [0.25, 0.3) is 11.5 Å². The zero-order valence-corrected chi connectivity index (χ0v) is 26.2. The maximum atomic E-state index is 15.5. The van der Waals surface area contributed by atoms with Gasteiger partial charge < -0.3 is 15.0 Å². The Morgan fingerprint density at radius 2 is 1.85 bits per heavy atom. The lowest BCUT2D eigenvalue weighted by atomic mass is 9.98. The zero-order chi connectivity index (χ0) is 34.9. The standard InChI is InChI=1S/C33H32F5N5O5/c1-4-5-27(44)24(40-30(45)29-18(2)12-20(15-23(29)35)42-10-11-48-17-28(42)33(36,37)38)14-19-6-7-25(22(34)13-19)43-31(46)21-8-9-39-16-26(21)41(3)32(43)47/h6-9,12-13,15-16,24,28H,4-5,10-11,14,17H2,1-3H3,(H,40,45)/t24-,28+/m0/s1. The number of morpholine rings is 1. The maximum Gasteiger partial charge on any atom is 0.411 e. The number of fused-ring (bicyclic) bond motifs is 1. The summed E-state index contributed by atoms with van der Waals surface area (Å²) in [5, 5.41) is 2.66. The summed E-state index contributed by atoms with van der Waals surface area (Å²) in [4.78, 5) is 57.5. The van der Waals surface area contributed by atoms with Crippen molar-refractivity contribution in [2.45, 2.75) is 51.4 Å². The van der Waals surface area contributed by atoms with Gasteiger partial charge in [-0.05, 0) is 61.2 Å². The third-order valence-electron chi connectivity index (χ3n) is 8.29. The van der Waals surface area contributed by atoms with Crippen molar-refractivity contribution >= 4 is 28.3 Å². The summed E-state index contributed by atoms with van der Waals surface area (Å²) in [5.41, 5.74) is -1.86. The van der Waals surface area contributed by atoms with Crippen molar-refractivity contribution in [1.82, 2.24) is 19.4 Å². The van der Waals surface area contributed by atoms with Crippen LogP contribution < -0.4 is 21.5 Å². The highest BCUT2D eigenvalue weighted by molar-refractivity contribution is 5.99. The number of benzene rings is 2. The average Bonchev–Trinajstić information content (AvgIpc) is 3.03. The molecule has 1 aliphatic rings. The van der Waals surface area contributed by atoms with E-state index < -0.39 is 65.0 Å². The van der Waals surface area contributed by atoms with Crippen LogP contribution in [0, 0.1) is 18.6 Å². The minimum absolute atomic E-state index is 0.00560. The molecule has 2 atom stereocenters. The molecular formula is C33H32F5N5O5. The first-order valence-corrected chi connectivity index (χ1v) is 15.1. The fourth-order valence-electron chi connectivity index (χ4n) is 5.86. The Hall–Kier alpha value is -4.92. The number of pyridine rings is 1. The quantitative estimate of drug-likeness (QED) is 0.266. The summed E-state index contributed by atoms with van der Waals surface area (Å²) in [5.74, 6) is -3.41. The number of hydrogen-bond donors (Lipinski definition) is 1. The lowest BCUT2D eigenvalue weighted by molar-refractivity contribution is -0.167. The third-order valence-corrected chi connectivity index (χ3v) is 8.29. The highest BCUT2D eigenvalue weighted by Gasteiger charge is 2.45. The number of nitrogens with zero attached hydrogens (tertiary/aromatic N) is 4. The number of amides is 1. The van der Waals surface area contributed by atoms with Crippen LogP contribution in [0.15, 0.2) is 58.4 Å². The van der Waals surface area contributed by atoms with Crippen molar-refractivity contribution < 1.29 is 36.3 Å². The number of carbonyl (C=O) groups is 2. The van der Waals surface area contributed by atoms with Gasteiger partial charge in [0.1, 0.15) is 17.7 Å². The van der Waals surface area contributed by atoms with Crippen LogP contribution in [0.1, 0.15) is 41.3 Å². The number of hydrogen-bond acceptors (Lipinski definition) is 7. The number of Topliss-reactive ketones (excluding diaryl/α,β-unsaturated/α-hetero) is 1. The van der Waals surface area contributed by atoms with E-state index in [1.807, 2.05) is 0 Å².